The van der Waals surface area contributed by atoms with Crippen molar-refractivity contribution in [2.45, 2.75) is 46.1 Å². The highest BCUT2D eigenvalue weighted by Gasteiger charge is 2.09. The number of hydrogen-bond donors (Lipinski definition) is 1. The van der Waals surface area contributed by atoms with Gasteiger partial charge in [-0.25, -0.2) is 0 Å². The molecular formula is C28H33NO4. The average molecular weight is 448 g/mol. The van der Waals surface area contributed by atoms with Crippen LogP contribution in [0.3, 0.4) is 0 Å². The summed E-state index contributed by atoms with van der Waals surface area (Å²) < 4.78 is 17.4. The first-order valence-corrected chi connectivity index (χ1v) is 11.6. The number of unbranched alkanes of at least 4 members (excludes halogenated alkanes) is 1. The summed E-state index contributed by atoms with van der Waals surface area (Å²) in [5.74, 6) is 2.22. The summed E-state index contributed by atoms with van der Waals surface area (Å²) in [4.78, 5) is 12.4. The number of amides is 1. The Morgan fingerprint density at radius 3 is 2.33 bits per heavy atom. The molecule has 0 spiro atoms. The van der Waals surface area contributed by atoms with Gasteiger partial charge in [0.05, 0.1) is 13.2 Å². The first-order valence-electron chi connectivity index (χ1n) is 11.6. The van der Waals surface area contributed by atoms with E-state index in [1.165, 1.54) is 0 Å². The Morgan fingerprint density at radius 2 is 1.61 bits per heavy atom. The minimum atomic E-state index is -0.0332. The van der Waals surface area contributed by atoms with E-state index < -0.39 is 0 Å². The molecule has 3 aromatic rings. The molecule has 0 saturated carbocycles. The molecule has 0 radical (unpaired) electrons. The van der Waals surface area contributed by atoms with Gasteiger partial charge in [-0.1, -0.05) is 49.7 Å². The maximum atomic E-state index is 12.4. The van der Waals surface area contributed by atoms with Crippen LogP contribution in [0.1, 0.15) is 44.2 Å². The summed E-state index contributed by atoms with van der Waals surface area (Å²) in [5, 5.41) is 2.95. The lowest BCUT2D eigenvalue weighted by Gasteiger charge is -2.13. The van der Waals surface area contributed by atoms with Gasteiger partial charge in [0.1, 0.15) is 12.4 Å². The third-order valence-electron chi connectivity index (χ3n) is 5.09. The van der Waals surface area contributed by atoms with Crippen molar-refractivity contribution in [3.8, 4) is 17.2 Å². The van der Waals surface area contributed by atoms with Crippen molar-refractivity contribution in [2.75, 3.05) is 18.5 Å². The van der Waals surface area contributed by atoms with E-state index in [-0.39, 0.29) is 5.91 Å². The first-order chi connectivity index (χ1) is 16.2. The van der Waals surface area contributed by atoms with Gasteiger partial charge in [-0.05, 0) is 67.3 Å². The van der Waals surface area contributed by atoms with Crippen molar-refractivity contribution in [2.24, 2.45) is 0 Å². The number of carbonyl (C=O) groups is 1. The predicted molar refractivity (Wildman–Crippen MR) is 132 cm³/mol. The molecule has 174 valence electrons. The van der Waals surface area contributed by atoms with E-state index in [0.29, 0.717) is 32.7 Å². The fourth-order valence-electron chi connectivity index (χ4n) is 3.28. The van der Waals surface area contributed by atoms with Crippen molar-refractivity contribution >= 4 is 11.6 Å². The molecule has 1 amide bonds. The van der Waals surface area contributed by atoms with Gasteiger partial charge in [-0.15, -0.1) is 0 Å². The molecule has 0 unspecified atom stereocenters. The predicted octanol–water partition coefficient (Wildman–Crippen LogP) is 6.41. The maximum Gasteiger partial charge on any atom is 0.224 e. The number of hydrogen-bond acceptors (Lipinski definition) is 4. The summed E-state index contributed by atoms with van der Waals surface area (Å²) in [5.41, 5.74) is 2.91. The molecule has 0 fully saturated rings. The Kier molecular flexibility index (Phi) is 9.64. The van der Waals surface area contributed by atoms with Crippen LogP contribution >= 0.6 is 0 Å². The highest BCUT2D eigenvalue weighted by molar-refractivity contribution is 5.90. The van der Waals surface area contributed by atoms with Crippen LogP contribution in [0.4, 0.5) is 5.69 Å². The van der Waals surface area contributed by atoms with Crippen molar-refractivity contribution in [3.05, 3.63) is 83.9 Å². The van der Waals surface area contributed by atoms with Crippen molar-refractivity contribution in [1.82, 2.24) is 0 Å². The van der Waals surface area contributed by atoms with Crippen LogP contribution in [0, 0.1) is 0 Å². The van der Waals surface area contributed by atoms with Crippen molar-refractivity contribution in [1.29, 1.82) is 0 Å². The van der Waals surface area contributed by atoms with E-state index in [4.69, 9.17) is 14.2 Å². The van der Waals surface area contributed by atoms with Crippen molar-refractivity contribution in [3.63, 3.8) is 0 Å². The molecular weight excluding hydrogens is 414 g/mol. The van der Waals surface area contributed by atoms with E-state index in [1.54, 1.807) is 0 Å². The van der Waals surface area contributed by atoms with Crippen LogP contribution in [-0.2, 0) is 17.8 Å². The third kappa shape index (κ3) is 8.19. The quantitative estimate of drug-likeness (QED) is 0.307. The molecule has 3 aromatic carbocycles. The van der Waals surface area contributed by atoms with Crippen LogP contribution in [0.25, 0.3) is 0 Å². The molecule has 33 heavy (non-hydrogen) atoms. The van der Waals surface area contributed by atoms with E-state index in [9.17, 15) is 4.79 Å². The summed E-state index contributed by atoms with van der Waals surface area (Å²) in [6.45, 7) is 5.84. The summed E-state index contributed by atoms with van der Waals surface area (Å²) in [6.07, 6.45) is 3.10. The van der Waals surface area contributed by atoms with Gasteiger partial charge in [0.25, 0.3) is 0 Å². The van der Waals surface area contributed by atoms with Crippen molar-refractivity contribution < 1.29 is 19.0 Å². The Bertz CT molecular complexity index is 987. The zero-order valence-corrected chi connectivity index (χ0v) is 19.5. The first kappa shape index (κ1) is 24.2. The average Bonchev–Trinajstić information content (AvgIpc) is 2.84. The SMILES string of the molecule is CCCCOc1ccc(CCC(=O)Nc2ccc(OCc3ccccc3)cc2)cc1OCC. The summed E-state index contributed by atoms with van der Waals surface area (Å²) in [7, 11) is 0. The highest BCUT2D eigenvalue weighted by atomic mass is 16.5. The molecule has 0 heterocycles. The Labute approximate surface area is 196 Å². The molecule has 0 aliphatic carbocycles. The highest BCUT2D eigenvalue weighted by Crippen LogP contribution is 2.29. The van der Waals surface area contributed by atoms with E-state index in [1.807, 2.05) is 79.7 Å². The molecule has 0 aliphatic rings. The molecule has 5 nitrogen and oxygen atoms in total. The number of aryl methyl sites for hydroxylation is 1. The van der Waals surface area contributed by atoms with Gasteiger partial charge >= 0.3 is 0 Å². The van der Waals surface area contributed by atoms with Crippen LogP contribution < -0.4 is 19.5 Å². The Hall–Kier alpha value is -3.47. The van der Waals surface area contributed by atoms with Crippen LogP contribution in [0.2, 0.25) is 0 Å². The Balaban J connectivity index is 1.47. The van der Waals surface area contributed by atoms with Gasteiger partial charge in [-0.2, -0.15) is 0 Å². The number of rotatable bonds is 13. The zero-order chi connectivity index (χ0) is 23.3. The molecule has 0 bridgehead atoms. The topological polar surface area (TPSA) is 56.8 Å². The normalized spacial score (nSPS) is 10.5. The van der Waals surface area contributed by atoms with E-state index in [2.05, 4.69) is 12.2 Å². The van der Waals surface area contributed by atoms with Crippen LogP contribution in [0.5, 0.6) is 17.2 Å². The number of ether oxygens (including phenoxy) is 3. The van der Waals surface area contributed by atoms with Crippen LogP contribution in [-0.4, -0.2) is 19.1 Å². The largest absolute Gasteiger partial charge is 0.490 e. The monoisotopic (exact) mass is 447 g/mol. The number of carbonyl (C=O) groups excluding carboxylic acids is 1. The molecule has 1 N–H and O–H groups in total. The van der Waals surface area contributed by atoms with Gasteiger partial charge < -0.3 is 19.5 Å². The van der Waals surface area contributed by atoms with Gasteiger partial charge in [0.15, 0.2) is 11.5 Å². The summed E-state index contributed by atoms with van der Waals surface area (Å²) in [6, 6.07) is 23.4. The minimum absolute atomic E-state index is 0.0332. The lowest BCUT2D eigenvalue weighted by atomic mass is 10.1. The number of benzene rings is 3. The number of anilines is 1. The summed E-state index contributed by atoms with van der Waals surface area (Å²) >= 11 is 0. The second-order valence-corrected chi connectivity index (χ2v) is 7.76. The smallest absolute Gasteiger partial charge is 0.224 e. The van der Waals surface area contributed by atoms with Crippen LogP contribution in [0.15, 0.2) is 72.8 Å². The molecule has 3 rings (SSSR count). The van der Waals surface area contributed by atoms with Gasteiger partial charge in [0.2, 0.25) is 5.91 Å². The fourth-order valence-corrected chi connectivity index (χ4v) is 3.28. The van der Waals surface area contributed by atoms with Gasteiger partial charge in [-0.3, -0.25) is 4.79 Å². The minimum Gasteiger partial charge on any atom is -0.490 e. The zero-order valence-electron chi connectivity index (χ0n) is 19.5. The standard InChI is InChI=1S/C28H33NO4/c1-3-5-19-32-26-17-11-22(20-27(26)31-4-2)12-18-28(30)29-24-13-15-25(16-14-24)33-21-23-9-7-6-8-10-23/h6-11,13-17,20H,3-5,12,18-19,21H2,1-2H3,(H,29,30). The second kappa shape index (κ2) is 13.2. The molecule has 0 aliphatic heterocycles. The second-order valence-electron chi connectivity index (χ2n) is 7.76. The molecule has 0 aromatic heterocycles. The lowest BCUT2D eigenvalue weighted by Crippen LogP contribution is -2.12. The molecule has 0 saturated heterocycles. The van der Waals surface area contributed by atoms with E-state index in [0.717, 1.165) is 46.9 Å². The van der Waals surface area contributed by atoms with E-state index >= 15 is 0 Å². The number of nitrogens with one attached hydrogen (secondary N) is 1. The molecule has 5 heteroatoms. The third-order valence-corrected chi connectivity index (χ3v) is 5.09. The lowest BCUT2D eigenvalue weighted by molar-refractivity contribution is -0.116. The fraction of sp³-hybridized carbons (Fsp3) is 0.321. The van der Waals surface area contributed by atoms with Gasteiger partial charge in [0, 0.05) is 12.1 Å². The maximum absolute atomic E-state index is 12.4. The Morgan fingerprint density at radius 1 is 0.818 bits per heavy atom. The molecule has 0 atom stereocenters.